The van der Waals surface area contributed by atoms with Gasteiger partial charge in [0.15, 0.2) is 0 Å². The summed E-state index contributed by atoms with van der Waals surface area (Å²) < 4.78 is 0. The molecule has 0 fully saturated rings. The molecule has 0 saturated carbocycles. The molecule has 0 aromatic carbocycles. The summed E-state index contributed by atoms with van der Waals surface area (Å²) in [6.07, 6.45) is 0.239. The lowest BCUT2D eigenvalue weighted by atomic mass is 10.3. The van der Waals surface area contributed by atoms with Crippen LogP contribution >= 0.6 is 0 Å². The van der Waals surface area contributed by atoms with Crippen molar-refractivity contribution in [3.63, 3.8) is 0 Å². The van der Waals surface area contributed by atoms with Crippen LogP contribution in [0.1, 0.15) is 19.8 Å². The third-order valence-electron chi connectivity index (χ3n) is 1.60. The van der Waals surface area contributed by atoms with Gasteiger partial charge in [-0.1, -0.05) is 19.4 Å². The predicted octanol–water partition coefficient (Wildman–Crippen LogP) is -1.58. The molecule has 5 nitrogen and oxygen atoms in total. The topological polar surface area (TPSA) is 92.5 Å². The Balaban J connectivity index is 0. The largest absolute Gasteiger partial charge is 0.865 e. The molecule has 0 atom stereocenters. The van der Waals surface area contributed by atoms with E-state index in [1.807, 2.05) is 0 Å². The summed E-state index contributed by atoms with van der Waals surface area (Å²) in [5, 5.41) is 20.1. The Hall–Kier alpha value is -0.910. The van der Waals surface area contributed by atoms with Crippen LogP contribution in [0.5, 0.6) is 0 Å². The Labute approximate surface area is 91.2 Å². The van der Waals surface area contributed by atoms with E-state index in [2.05, 4.69) is 6.58 Å². The van der Waals surface area contributed by atoms with Crippen LogP contribution in [0.4, 0.5) is 0 Å². The van der Waals surface area contributed by atoms with Gasteiger partial charge in [-0.15, -0.1) is 6.58 Å². The quantitative estimate of drug-likeness (QED) is 0.443. The van der Waals surface area contributed by atoms with Gasteiger partial charge in [-0.05, 0) is 0 Å². The maximum absolute atomic E-state index is 10.8. The number of hydrogen-bond acceptors (Lipinski definition) is 4. The number of nitrogens with zero attached hydrogens (tertiary/aromatic N) is 1. The van der Waals surface area contributed by atoms with Crippen molar-refractivity contribution < 1.29 is 15.0 Å². The van der Waals surface area contributed by atoms with E-state index in [1.165, 1.54) is 4.90 Å². The van der Waals surface area contributed by atoms with Crippen LogP contribution in [0.3, 0.4) is 0 Å². The molecule has 0 spiro atoms. The highest BCUT2D eigenvalue weighted by Gasteiger charge is 2.02. The normalized spacial score (nSPS) is 9.20. The van der Waals surface area contributed by atoms with Gasteiger partial charge in [-0.3, -0.25) is 4.79 Å². The van der Waals surface area contributed by atoms with Crippen LogP contribution in [0.25, 0.3) is 0 Å². The first-order chi connectivity index (χ1) is 6.99. The van der Waals surface area contributed by atoms with Gasteiger partial charge in [0.1, 0.15) is 0 Å². The lowest BCUT2D eigenvalue weighted by Crippen LogP contribution is -2.42. The van der Waals surface area contributed by atoms with E-state index in [-0.39, 0.29) is 18.9 Å². The molecule has 2 N–H and O–H groups in total. The van der Waals surface area contributed by atoms with E-state index in [0.29, 0.717) is 13.0 Å². The van der Waals surface area contributed by atoms with Crippen LogP contribution in [-0.4, -0.2) is 37.2 Å². The molecule has 0 aromatic heterocycles. The zero-order valence-electron chi connectivity index (χ0n) is 9.44. The highest BCUT2D eigenvalue weighted by molar-refractivity contribution is 5.75. The number of rotatable bonds is 5. The van der Waals surface area contributed by atoms with E-state index in [0.717, 1.165) is 0 Å². The van der Waals surface area contributed by atoms with Crippen molar-refractivity contribution in [1.29, 1.82) is 0 Å². The van der Waals surface area contributed by atoms with Gasteiger partial charge >= 0.3 is 0 Å². The van der Waals surface area contributed by atoms with Crippen molar-refractivity contribution in [3.05, 3.63) is 12.7 Å². The molecule has 90 valence electrons. The zero-order chi connectivity index (χ0) is 12.3. The smallest absolute Gasteiger partial charge is 0.222 e. The van der Waals surface area contributed by atoms with Crippen molar-refractivity contribution in [2.24, 2.45) is 5.73 Å². The average Bonchev–Trinajstić information content (AvgIpc) is 2.24. The summed E-state index contributed by atoms with van der Waals surface area (Å²) in [6, 6.07) is 0. The van der Waals surface area contributed by atoms with Gasteiger partial charge in [0.2, 0.25) is 5.91 Å². The van der Waals surface area contributed by atoms with Gasteiger partial charge in [0.25, 0.3) is 0 Å². The minimum atomic E-state index is -1.82. The van der Waals surface area contributed by atoms with E-state index in [1.54, 1.807) is 20.0 Å². The molecule has 5 heteroatoms. The molecular formula is C10H20N2O3-2. The molecular weight excluding hydrogens is 196 g/mol. The molecule has 0 aliphatic heterocycles. The summed E-state index contributed by atoms with van der Waals surface area (Å²) in [5.41, 5.74) is 4.91. The minimum Gasteiger partial charge on any atom is -0.865 e. The second-order valence-electron chi connectivity index (χ2n) is 2.91. The molecule has 0 rings (SSSR count). The Bertz CT molecular complexity index is 172. The van der Waals surface area contributed by atoms with E-state index >= 15 is 0 Å². The van der Waals surface area contributed by atoms with E-state index in [9.17, 15) is 15.0 Å². The third kappa shape index (κ3) is 13.1. The van der Waals surface area contributed by atoms with Crippen LogP contribution in [0.15, 0.2) is 12.7 Å². The monoisotopic (exact) mass is 216 g/mol. The van der Waals surface area contributed by atoms with Gasteiger partial charge < -0.3 is 20.8 Å². The first-order valence-corrected chi connectivity index (χ1v) is 4.86. The molecule has 0 bridgehead atoms. The van der Waals surface area contributed by atoms with Crippen molar-refractivity contribution in [3.8, 4) is 0 Å². The SMILES string of the molecule is C=CCN.CCC(=O)N(C)CCC([O-])[O-]. The predicted molar refractivity (Wildman–Crippen MR) is 55.6 cm³/mol. The van der Waals surface area contributed by atoms with Crippen molar-refractivity contribution in [2.45, 2.75) is 26.1 Å². The maximum atomic E-state index is 10.8. The van der Waals surface area contributed by atoms with Crippen LogP contribution in [0.2, 0.25) is 0 Å². The fraction of sp³-hybridized carbons (Fsp3) is 0.700. The Morgan fingerprint density at radius 1 is 1.60 bits per heavy atom. The molecule has 0 heterocycles. The summed E-state index contributed by atoms with van der Waals surface area (Å²) in [6.45, 7) is 5.95. The first-order valence-electron chi connectivity index (χ1n) is 4.86. The summed E-state index contributed by atoms with van der Waals surface area (Å²) in [4.78, 5) is 12.3. The summed E-state index contributed by atoms with van der Waals surface area (Å²) >= 11 is 0. The number of amides is 1. The molecule has 0 aliphatic carbocycles. The Morgan fingerprint density at radius 3 is 2.33 bits per heavy atom. The van der Waals surface area contributed by atoms with Crippen LogP contribution < -0.4 is 15.9 Å². The van der Waals surface area contributed by atoms with Gasteiger partial charge in [-0.2, -0.15) is 0 Å². The number of hydrogen-bond donors (Lipinski definition) is 1. The Morgan fingerprint density at radius 2 is 2.07 bits per heavy atom. The van der Waals surface area contributed by atoms with Gasteiger partial charge in [-0.25, -0.2) is 6.29 Å². The lowest BCUT2D eigenvalue weighted by molar-refractivity contribution is -0.658. The molecule has 0 saturated heterocycles. The fourth-order valence-corrected chi connectivity index (χ4v) is 0.694. The molecule has 0 aromatic rings. The second-order valence-corrected chi connectivity index (χ2v) is 2.91. The lowest BCUT2D eigenvalue weighted by Gasteiger charge is -2.30. The highest BCUT2D eigenvalue weighted by atomic mass is 16.5. The maximum Gasteiger partial charge on any atom is 0.222 e. The van der Waals surface area contributed by atoms with Gasteiger partial charge in [0.05, 0.1) is 0 Å². The standard InChI is InChI=1S/C7H13NO3.C3H7N/c1-3-6(9)8(2)5-4-7(10)11;1-2-3-4/h7H,3-5H2,1-2H3;2H,1,3-4H2/q-2;. The molecule has 0 aliphatic rings. The van der Waals surface area contributed by atoms with Gasteiger partial charge in [0, 0.05) is 26.6 Å². The van der Waals surface area contributed by atoms with Crippen molar-refractivity contribution in [1.82, 2.24) is 4.90 Å². The minimum absolute atomic E-state index is 0.0117. The number of carbonyl (C=O) groups is 1. The van der Waals surface area contributed by atoms with Crippen molar-refractivity contribution in [2.75, 3.05) is 20.1 Å². The number of nitrogens with two attached hydrogens (primary N) is 1. The summed E-state index contributed by atoms with van der Waals surface area (Å²) in [7, 11) is 1.59. The Kier molecular flexibility index (Phi) is 12.3. The first kappa shape index (κ1) is 16.5. The second kappa shape index (κ2) is 11.2. The third-order valence-corrected chi connectivity index (χ3v) is 1.60. The average molecular weight is 216 g/mol. The molecule has 0 radical (unpaired) electrons. The van der Waals surface area contributed by atoms with Crippen molar-refractivity contribution >= 4 is 5.91 Å². The molecule has 15 heavy (non-hydrogen) atoms. The molecule has 0 unspecified atom stereocenters. The highest BCUT2D eigenvalue weighted by Crippen LogP contribution is 1.91. The molecule has 1 amide bonds. The van der Waals surface area contributed by atoms with Crippen LogP contribution in [0, 0.1) is 0 Å². The fourth-order valence-electron chi connectivity index (χ4n) is 0.694. The van der Waals surface area contributed by atoms with E-state index < -0.39 is 6.29 Å². The number of carbonyl (C=O) groups excluding carboxylic acids is 1. The zero-order valence-corrected chi connectivity index (χ0v) is 9.44. The van der Waals surface area contributed by atoms with E-state index in [4.69, 9.17) is 5.73 Å². The summed E-state index contributed by atoms with van der Waals surface area (Å²) in [5.74, 6) is -0.0364. The van der Waals surface area contributed by atoms with Crippen LogP contribution in [-0.2, 0) is 4.79 Å².